The molecule has 0 saturated carbocycles. The van der Waals surface area contributed by atoms with Crippen LogP contribution in [0.2, 0.25) is 0 Å². The molecule has 0 radical (unpaired) electrons. The molecule has 0 spiro atoms. The summed E-state index contributed by atoms with van der Waals surface area (Å²) in [7, 11) is -10.2. The number of ether oxygens (including phenoxy) is 3. The minimum absolute atomic E-state index is 0.0637. The van der Waals surface area contributed by atoms with Gasteiger partial charge in [-0.15, -0.1) is 0 Å². The number of hydrogen-bond donors (Lipinski definition) is 0. The first-order valence-electron chi connectivity index (χ1n) is 9.15. The van der Waals surface area contributed by atoms with E-state index in [1.165, 1.54) is 0 Å². The van der Waals surface area contributed by atoms with Crippen LogP contribution in [0.4, 0.5) is 0 Å². The molecule has 0 heterocycles. The molecule has 0 saturated heterocycles. The van der Waals surface area contributed by atoms with Crippen LogP contribution in [0.15, 0.2) is 36.0 Å². The number of rotatable bonds is 19. The normalized spacial score (nSPS) is 13.1. The molecule has 0 rings (SSSR count). The van der Waals surface area contributed by atoms with E-state index in [0.29, 0.717) is 6.42 Å². The van der Waals surface area contributed by atoms with E-state index in [4.69, 9.17) is 14.2 Å². The molecular formula is C18H32O9S3. The molecule has 0 aliphatic carbocycles. The summed E-state index contributed by atoms with van der Waals surface area (Å²) in [5, 5.41) is 2.57. The molecule has 0 N–H and O–H groups in total. The summed E-state index contributed by atoms with van der Waals surface area (Å²) in [6, 6.07) is 0. The van der Waals surface area contributed by atoms with Crippen molar-refractivity contribution in [1.82, 2.24) is 0 Å². The average Bonchev–Trinajstić information content (AvgIpc) is 2.71. The van der Waals surface area contributed by atoms with Gasteiger partial charge in [-0.05, 0) is 6.42 Å². The fourth-order valence-corrected chi connectivity index (χ4v) is 3.62. The molecule has 0 amide bonds. The van der Waals surface area contributed by atoms with Crippen molar-refractivity contribution in [3.05, 3.63) is 36.0 Å². The van der Waals surface area contributed by atoms with E-state index in [0.717, 1.165) is 16.2 Å². The van der Waals surface area contributed by atoms with Gasteiger partial charge in [0.1, 0.15) is 0 Å². The summed E-state index contributed by atoms with van der Waals surface area (Å²) in [6.07, 6.45) is 0.504. The maximum atomic E-state index is 11.5. The molecule has 176 valence electrons. The van der Waals surface area contributed by atoms with Gasteiger partial charge in [-0.3, -0.25) is 0 Å². The van der Waals surface area contributed by atoms with Crippen LogP contribution < -0.4 is 0 Å². The lowest BCUT2D eigenvalue weighted by Crippen LogP contribution is -2.38. The van der Waals surface area contributed by atoms with Crippen molar-refractivity contribution in [1.29, 1.82) is 0 Å². The van der Waals surface area contributed by atoms with Gasteiger partial charge >= 0.3 is 0 Å². The fraction of sp³-hybridized carbons (Fsp3) is 0.667. The predicted octanol–water partition coefficient (Wildman–Crippen LogP) is 1.11. The van der Waals surface area contributed by atoms with Crippen LogP contribution in [-0.2, 0) is 43.7 Å². The second-order valence-corrected chi connectivity index (χ2v) is 12.8. The Bertz CT molecular complexity index is 744. The highest BCUT2D eigenvalue weighted by Crippen LogP contribution is 2.24. The molecule has 0 unspecified atom stereocenters. The minimum Gasteiger partial charge on any atom is -0.380 e. The standard InChI is InChI=1S/C18H32O9S3/c1-5-18(15-25-9-12-28(19,20)6-2,16-26-10-13-29(21,22)7-3)17-27-11-14-30(23,24)8-4/h6-8H,2-5,9-17H2,1H3. The van der Waals surface area contributed by atoms with E-state index in [1.807, 2.05) is 6.92 Å². The highest BCUT2D eigenvalue weighted by atomic mass is 32.2. The van der Waals surface area contributed by atoms with Crippen molar-refractivity contribution >= 4 is 29.5 Å². The fourth-order valence-electron chi connectivity index (χ4n) is 2.07. The molecule has 0 atom stereocenters. The lowest BCUT2D eigenvalue weighted by molar-refractivity contribution is -0.0649. The third kappa shape index (κ3) is 12.6. The molecule has 9 nitrogen and oxygen atoms in total. The monoisotopic (exact) mass is 488 g/mol. The largest absolute Gasteiger partial charge is 0.380 e. The summed E-state index contributed by atoms with van der Waals surface area (Å²) < 4.78 is 85.4. The van der Waals surface area contributed by atoms with E-state index >= 15 is 0 Å². The molecule has 0 aromatic carbocycles. The Kier molecular flexibility index (Phi) is 12.9. The van der Waals surface area contributed by atoms with Crippen LogP contribution in [0.5, 0.6) is 0 Å². The molecule has 0 aromatic rings. The molecule has 12 heteroatoms. The van der Waals surface area contributed by atoms with Gasteiger partial charge in [0.25, 0.3) is 0 Å². The first-order valence-corrected chi connectivity index (χ1v) is 14.3. The Balaban J connectivity index is 4.92. The predicted molar refractivity (Wildman–Crippen MR) is 117 cm³/mol. The maximum Gasteiger partial charge on any atom is 0.173 e. The lowest BCUT2D eigenvalue weighted by atomic mass is 9.88. The second kappa shape index (κ2) is 13.4. The van der Waals surface area contributed by atoms with Gasteiger partial charge < -0.3 is 14.2 Å². The highest BCUT2D eigenvalue weighted by molar-refractivity contribution is 7.94. The third-order valence-electron chi connectivity index (χ3n) is 4.27. The van der Waals surface area contributed by atoms with E-state index < -0.39 is 34.9 Å². The molecule has 0 aromatic heterocycles. The molecule has 30 heavy (non-hydrogen) atoms. The Labute approximate surface area is 180 Å². The smallest absolute Gasteiger partial charge is 0.173 e. The van der Waals surface area contributed by atoms with Crippen molar-refractivity contribution in [2.75, 3.05) is 56.9 Å². The highest BCUT2D eigenvalue weighted by Gasteiger charge is 2.30. The van der Waals surface area contributed by atoms with E-state index in [-0.39, 0.29) is 56.9 Å². The van der Waals surface area contributed by atoms with Crippen LogP contribution >= 0.6 is 0 Å². The summed E-state index contributed by atoms with van der Waals surface area (Å²) in [5.74, 6) is -0.687. The van der Waals surface area contributed by atoms with Gasteiger partial charge in [0, 0.05) is 21.6 Å². The van der Waals surface area contributed by atoms with E-state index in [1.54, 1.807) is 0 Å². The Hall–Kier alpha value is -1.05. The summed E-state index contributed by atoms with van der Waals surface area (Å²) in [6.45, 7) is 11.6. The zero-order valence-corrected chi connectivity index (χ0v) is 19.8. The van der Waals surface area contributed by atoms with Crippen molar-refractivity contribution in [2.45, 2.75) is 13.3 Å². The first-order chi connectivity index (χ1) is 13.9. The summed E-state index contributed by atoms with van der Waals surface area (Å²) in [5.41, 5.74) is -0.714. The van der Waals surface area contributed by atoms with Gasteiger partial charge in [0.2, 0.25) is 0 Å². The van der Waals surface area contributed by atoms with E-state index in [2.05, 4.69) is 19.7 Å². The quantitative estimate of drug-likeness (QED) is 0.245. The van der Waals surface area contributed by atoms with Crippen LogP contribution in [0.3, 0.4) is 0 Å². The van der Waals surface area contributed by atoms with Gasteiger partial charge in [-0.2, -0.15) is 0 Å². The zero-order chi connectivity index (χ0) is 23.3. The number of sulfone groups is 3. The van der Waals surface area contributed by atoms with Crippen LogP contribution in [0.25, 0.3) is 0 Å². The first kappa shape index (κ1) is 28.9. The SMILES string of the molecule is C=CS(=O)(=O)CCOCC(CC)(COCCS(=O)(=O)C=C)COCCS(=O)(=O)C=C. The Morgan fingerprint density at radius 3 is 1.10 bits per heavy atom. The summed E-state index contributed by atoms with van der Waals surface area (Å²) >= 11 is 0. The maximum absolute atomic E-state index is 11.5. The molecular weight excluding hydrogens is 456 g/mol. The van der Waals surface area contributed by atoms with Crippen molar-refractivity contribution < 1.29 is 39.5 Å². The minimum atomic E-state index is -3.40. The molecule has 0 bridgehead atoms. The van der Waals surface area contributed by atoms with Gasteiger partial charge in [-0.1, -0.05) is 26.7 Å². The Morgan fingerprint density at radius 1 is 0.633 bits per heavy atom. The van der Waals surface area contributed by atoms with Crippen LogP contribution in [0.1, 0.15) is 13.3 Å². The van der Waals surface area contributed by atoms with Crippen LogP contribution in [-0.4, -0.2) is 82.2 Å². The number of hydrogen-bond acceptors (Lipinski definition) is 9. The molecule has 0 fully saturated rings. The average molecular weight is 489 g/mol. The van der Waals surface area contributed by atoms with Crippen molar-refractivity contribution in [3.63, 3.8) is 0 Å². The van der Waals surface area contributed by atoms with Crippen molar-refractivity contribution in [2.24, 2.45) is 5.41 Å². The lowest BCUT2D eigenvalue weighted by Gasteiger charge is -2.32. The van der Waals surface area contributed by atoms with Crippen molar-refractivity contribution in [3.8, 4) is 0 Å². The van der Waals surface area contributed by atoms with E-state index in [9.17, 15) is 25.3 Å². The Morgan fingerprint density at radius 2 is 0.900 bits per heavy atom. The second-order valence-electron chi connectivity index (χ2n) is 6.61. The van der Waals surface area contributed by atoms with Crippen LogP contribution in [0, 0.1) is 5.41 Å². The van der Waals surface area contributed by atoms with Gasteiger partial charge in [-0.25, -0.2) is 25.3 Å². The molecule has 0 aliphatic rings. The molecule has 0 aliphatic heterocycles. The topological polar surface area (TPSA) is 130 Å². The third-order valence-corrected chi connectivity index (χ3v) is 8.00. The van der Waals surface area contributed by atoms with Gasteiger partial charge in [0.15, 0.2) is 29.5 Å². The van der Waals surface area contributed by atoms with Gasteiger partial charge in [0.05, 0.1) is 56.9 Å². The zero-order valence-electron chi connectivity index (χ0n) is 17.3. The summed E-state index contributed by atoms with van der Waals surface area (Å²) in [4.78, 5) is 0.